The molecule has 3 aromatic heterocycles. The van der Waals surface area contributed by atoms with E-state index in [0.717, 1.165) is 57.4 Å². The molecule has 3 N–H and O–H groups in total. The van der Waals surface area contributed by atoms with Crippen molar-refractivity contribution in [2.75, 3.05) is 18.5 Å². The Kier molecular flexibility index (Phi) is 8.72. The molecule has 5 aromatic rings. The molecule has 0 fully saturated rings. The van der Waals surface area contributed by atoms with Gasteiger partial charge in [0.1, 0.15) is 5.75 Å². The minimum Gasteiger partial charge on any atom is -0.493 e. The Morgan fingerprint density at radius 1 is 1.00 bits per heavy atom. The van der Waals surface area contributed by atoms with E-state index in [0.29, 0.717) is 64.4 Å². The molecule has 0 radical (unpaired) electrons. The van der Waals surface area contributed by atoms with Crippen LogP contribution in [0.4, 0.5) is 14.5 Å². The van der Waals surface area contributed by atoms with Crippen molar-refractivity contribution < 1.29 is 23.7 Å². The lowest BCUT2D eigenvalue weighted by Crippen LogP contribution is -2.21. The van der Waals surface area contributed by atoms with Gasteiger partial charge in [-0.05, 0) is 62.4 Å². The predicted molar refractivity (Wildman–Crippen MR) is 185 cm³/mol. The van der Waals surface area contributed by atoms with Crippen molar-refractivity contribution >= 4 is 40.0 Å². The number of thioether (sulfide) groups is 1. The van der Waals surface area contributed by atoms with E-state index in [1.165, 1.54) is 6.07 Å². The van der Waals surface area contributed by atoms with Gasteiger partial charge in [0.2, 0.25) is 0 Å². The van der Waals surface area contributed by atoms with E-state index in [9.17, 15) is 10.2 Å². The standard InChI is InChI=1S/C35H39ClF2N6O3S/c1-19-30-28(41-43(19)3)18-48-17-21-15-22(44(4)40-21)16-35(37,38)20-13-27-25(7-5-11-39-27)29(14-20)47-12-6-8-23-24-9-10-26(36)31(30)32(24)42(2)33(23)34(45)46/h9-10,13-15,34,39,45-46H,5-8,11-12,16-18H2,1-4H3. The first-order valence-corrected chi connectivity index (χ1v) is 17.7. The van der Waals surface area contributed by atoms with Gasteiger partial charge in [-0.25, -0.2) is 8.78 Å². The number of ether oxygens (including phenoxy) is 1. The van der Waals surface area contributed by atoms with Crippen LogP contribution in [0.25, 0.3) is 22.0 Å². The Hall–Kier alpha value is -3.58. The zero-order valence-electron chi connectivity index (χ0n) is 27.4. The molecule has 8 bridgehead atoms. The summed E-state index contributed by atoms with van der Waals surface area (Å²) in [6, 6.07) is 8.58. The quantitative estimate of drug-likeness (QED) is 0.168. The number of anilines is 1. The number of rotatable bonds is 1. The highest BCUT2D eigenvalue weighted by molar-refractivity contribution is 7.97. The van der Waals surface area contributed by atoms with Crippen LogP contribution < -0.4 is 10.1 Å². The van der Waals surface area contributed by atoms with Crippen LogP contribution in [0.2, 0.25) is 5.02 Å². The maximum atomic E-state index is 16.0. The average molecular weight is 697 g/mol. The number of nitrogens with zero attached hydrogens (tertiary/aromatic N) is 5. The first-order valence-electron chi connectivity index (χ1n) is 16.1. The van der Waals surface area contributed by atoms with Crippen LogP contribution in [0.15, 0.2) is 30.3 Å². The maximum absolute atomic E-state index is 16.0. The van der Waals surface area contributed by atoms with Gasteiger partial charge < -0.3 is 24.8 Å². The summed E-state index contributed by atoms with van der Waals surface area (Å²) in [5, 5.41) is 35.3. The summed E-state index contributed by atoms with van der Waals surface area (Å²) < 4.78 is 43.5. The normalized spacial score (nSPS) is 16.7. The third-order valence-corrected chi connectivity index (χ3v) is 10.9. The van der Waals surface area contributed by atoms with Gasteiger partial charge in [0.25, 0.3) is 5.92 Å². The van der Waals surface area contributed by atoms with Gasteiger partial charge in [-0.3, -0.25) is 9.36 Å². The second kappa shape index (κ2) is 12.7. The summed E-state index contributed by atoms with van der Waals surface area (Å²) >= 11 is 8.56. The summed E-state index contributed by atoms with van der Waals surface area (Å²) in [6.45, 7) is 2.96. The van der Waals surface area contributed by atoms with Crippen LogP contribution in [0, 0.1) is 6.92 Å². The molecular formula is C35H39ClF2N6O3S. The molecule has 0 unspecified atom stereocenters. The molecular weight excluding hydrogens is 658 g/mol. The van der Waals surface area contributed by atoms with Crippen LogP contribution in [0.1, 0.15) is 64.3 Å². The second-order valence-corrected chi connectivity index (χ2v) is 14.1. The predicted octanol–water partition coefficient (Wildman–Crippen LogP) is 6.71. The van der Waals surface area contributed by atoms with Crippen molar-refractivity contribution in [1.29, 1.82) is 0 Å². The molecule has 0 amide bonds. The lowest BCUT2D eigenvalue weighted by Gasteiger charge is -2.25. The number of benzene rings is 2. The fourth-order valence-corrected chi connectivity index (χ4v) is 8.36. The average Bonchev–Trinajstić information content (AvgIpc) is 3.63. The SMILES string of the molecule is Cc1c2c(nn1C)CSCc1cc(n(C)n1)CC(F)(F)c1cc3c(c(c1)OCCCc1c(C(O)O)n(C)c4c-2c(Cl)ccc14)CCCN3. The second-order valence-electron chi connectivity index (χ2n) is 12.8. The van der Waals surface area contributed by atoms with E-state index in [1.54, 1.807) is 35.6 Å². The van der Waals surface area contributed by atoms with Crippen molar-refractivity contribution in [1.82, 2.24) is 24.1 Å². The number of hydrogen-bond donors (Lipinski definition) is 3. The van der Waals surface area contributed by atoms with Gasteiger partial charge in [-0.2, -0.15) is 10.2 Å². The Morgan fingerprint density at radius 2 is 1.79 bits per heavy atom. The first kappa shape index (κ1) is 32.9. The van der Waals surface area contributed by atoms with Crippen molar-refractivity contribution in [2.24, 2.45) is 21.1 Å². The number of aromatic nitrogens is 5. The summed E-state index contributed by atoms with van der Waals surface area (Å²) in [6.07, 6.45) is 0.389. The number of nitrogens with one attached hydrogen (secondary N) is 1. The summed E-state index contributed by atoms with van der Waals surface area (Å²) in [5.74, 6) is -1.67. The zero-order chi connectivity index (χ0) is 33.9. The molecule has 0 saturated heterocycles. The zero-order valence-corrected chi connectivity index (χ0v) is 29.0. The van der Waals surface area contributed by atoms with Crippen LogP contribution >= 0.6 is 23.4 Å². The molecule has 0 aliphatic carbocycles. The van der Waals surface area contributed by atoms with Crippen molar-refractivity contribution in [3.63, 3.8) is 0 Å². The Labute approximate surface area is 286 Å². The smallest absolute Gasteiger partial charge is 0.278 e. The van der Waals surface area contributed by atoms with E-state index in [-0.39, 0.29) is 12.2 Å². The molecule has 2 aliphatic heterocycles. The molecule has 254 valence electrons. The molecule has 5 heterocycles. The summed E-state index contributed by atoms with van der Waals surface area (Å²) in [7, 11) is 5.41. The summed E-state index contributed by atoms with van der Waals surface area (Å²) in [5.41, 5.74) is 8.00. The number of fused-ring (bicyclic) bond motifs is 8. The third kappa shape index (κ3) is 5.76. The van der Waals surface area contributed by atoms with Gasteiger partial charge >= 0.3 is 0 Å². The highest BCUT2D eigenvalue weighted by Gasteiger charge is 2.36. The van der Waals surface area contributed by atoms with Gasteiger partial charge in [0, 0.05) is 83.9 Å². The number of hydrogen-bond acceptors (Lipinski definition) is 7. The van der Waals surface area contributed by atoms with Gasteiger partial charge in [-0.15, -0.1) is 11.8 Å². The van der Waals surface area contributed by atoms with Crippen molar-refractivity contribution in [3.05, 3.63) is 80.5 Å². The summed E-state index contributed by atoms with van der Waals surface area (Å²) in [4.78, 5) is 0. The maximum Gasteiger partial charge on any atom is 0.278 e. The molecule has 9 nitrogen and oxygen atoms in total. The Morgan fingerprint density at radius 3 is 2.58 bits per heavy atom. The van der Waals surface area contributed by atoms with E-state index in [2.05, 4.69) is 10.4 Å². The van der Waals surface area contributed by atoms with Crippen LogP contribution in [-0.2, 0) is 57.8 Å². The number of aliphatic hydroxyl groups is 2. The molecule has 7 rings (SSSR count). The van der Waals surface area contributed by atoms with Crippen LogP contribution in [0.5, 0.6) is 5.75 Å². The number of alkyl halides is 2. The minimum atomic E-state index is -3.16. The molecule has 0 spiro atoms. The van der Waals surface area contributed by atoms with Gasteiger partial charge in [0.15, 0.2) is 6.29 Å². The lowest BCUT2D eigenvalue weighted by molar-refractivity contribution is -0.0481. The fraction of sp³-hybridized carbons (Fsp3) is 0.429. The molecule has 13 heteroatoms. The third-order valence-electron chi connectivity index (χ3n) is 9.66. The molecule has 2 aromatic carbocycles. The van der Waals surface area contributed by atoms with Crippen LogP contribution in [0.3, 0.4) is 0 Å². The molecule has 2 aliphatic rings. The Balaban J connectivity index is 1.36. The van der Waals surface area contributed by atoms with E-state index >= 15 is 8.78 Å². The van der Waals surface area contributed by atoms with Crippen molar-refractivity contribution in [2.45, 2.75) is 62.7 Å². The molecule has 48 heavy (non-hydrogen) atoms. The van der Waals surface area contributed by atoms with Crippen molar-refractivity contribution in [3.8, 4) is 16.9 Å². The highest BCUT2D eigenvalue weighted by Crippen LogP contribution is 2.44. The lowest BCUT2D eigenvalue weighted by atomic mass is 9.95. The fourth-order valence-electron chi connectivity index (χ4n) is 7.26. The Bertz CT molecular complexity index is 2030. The topological polar surface area (TPSA) is 102 Å². The highest BCUT2D eigenvalue weighted by atomic mass is 35.5. The number of halogens is 3. The minimum absolute atomic E-state index is 0.101. The molecule has 0 atom stereocenters. The van der Waals surface area contributed by atoms with Gasteiger partial charge in [-0.1, -0.05) is 17.7 Å². The van der Waals surface area contributed by atoms with E-state index in [1.807, 2.05) is 42.4 Å². The van der Waals surface area contributed by atoms with Crippen LogP contribution in [-0.4, -0.2) is 47.5 Å². The largest absolute Gasteiger partial charge is 0.493 e. The number of aliphatic hydroxyl groups excluding tert-OH is 1. The number of aryl methyl sites for hydroxylation is 4. The monoisotopic (exact) mass is 696 g/mol. The van der Waals surface area contributed by atoms with E-state index in [4.69, 9.17) is 21.4 Å². The van der Waals surface area contributed by atoms with Gasteiger partial charge in [0.05, 0.1) is 40.6 Å². The van der Waals surface area contributed by atoms with E-state index < -0.39 is 18.6 Å². The first-order chi connectivity index (χ1) is 22.9. The molecule has 0 saturated carbocycles.